The summed E-state index contributed by atoms with van der Waals surface area (Å²) < 4.78 is 0. The fourth-order valence-corrected chi connectivity index (χ4v) is 2.21. The lowest BCUT2D eigenvalue weighted by atomic mass is 10.1. The van der Waals surface area contributed by atoms with Crippen molar-refractivity contribution in [2.75, 3.05) is 13.1 Å². The van der Waals surface area contributed by atoms with Crippen LogP contribution in [0.5, 0.6) is 0 Å². The first-order valence-corrected chi connectivity index (χ1v) is 6.93. The molecule has 0 unspecified atom stereocenters. The Bertz CT molecular complexity index is 525. The molecule has 1 aliphatic heterocycles. The summed E-state index contributed by atoms with van der Waals surface area (Å²) in [5.41, 5.74) is 2.92. The predicted octanol–water partition coefficient (Wildman–Crippen LogP) is 1.80. The number of benzene rings is 1. The van der Waals surface area contributed by atoms with E-state index in [9.17, 15) is 9.59 Å². The summed E-state index contributed by atoms with van der Waals surface area (Å²) in [5.74, 6) is -1.24. The Balaban J connectivity index is 1.88. The highest BCUT2D eigenvalue weighted by molar-refractivity contribution is 6.35. The molecule has 1 saturated heterocycles. The number of carbonyl (C=O) groups excluding carboxylic acids is 2. The summed E-state index contributed by atoms with van der Waals surface area (Å²) in [4.78, 5) is 25.0. The molecule has 2 amide bonds. The number of halogens is 1. The van der Waals surface area contributed by atoms with E-state index in [1.54, 1.807) is 23.1 Å². The van der Waals surface area contributed by atoms with Crippen LogP contribution in [0.1, 0.15) is 24.8 Å². The zero-order valence-electron chi connectivity index (χ0n) is 11.0. The molecular weight excluding hydrogens is 278 g/mol. The summed E-state index contributed by atoms with van der Waals surface area (Å²) in [6.45, 7) is 1.28. The molecule has 1 N–H and O–H groups in total. The minimum absolute atomic E-state index is 0.527. The first kappa shape index (κ1) is 14.5. The van der Waals surface area contributed by atoms with Crippen molar-refractivity contribution >= 4 is 29.6 Å². The van der Waals surface area contributed by atoms with Gasteiger partial charge in [0.1, 0.15) is 0 Å². The maximum Gasteiger partial charge on any atom is 0.329 e. The molecule has 0 saturated carbocycles. The van der Waals surface area contributed by atoms with Crippen LogP contribution in [0.25, 0.3) is 0 Å². The number of carbonyl (C=O) groups is 2. The highest BCUT2D eigenvalue weighted by Crippen LogP contribution is 2.12. The van der Waals surface area contributed by atoms with E-state index in [-0.39, 0.29) is 0 Å². The van der Waals surface area contributed by atoms with Gasteiger partial charge >= 0.3 is 11.8 Å². The van der Waals surface area contributed by atoms with Crippen molar-refractivity contribution in [3.8, 4) is 0 Å². The van der Waals surface area contributed by atoms with Crippen LogP contribution in [0.3, 0.4) is 0 Å². The van der Waals surface area contributed by atoms with Crippen LogP contribution in [0.2, 0.25) is 5.02 Å². The molecule has 0 radical (unpaired) electrons. The summed E-state index contributed by atoms with van der Waals surface area (Å²) in [7, 11) is 0. The Labute approximate surface area is 122 Å². The second-order valence-corrected chi connectivity index (χ2v) is 4.98. The van der Waals surface area contributed by atoms with Gasteiger partial charge in [0, 0.05) is 23.7 Å². The average Bonchev–Trinajstić information content (AvgIpc) is 2.49. The SMILES string of the molecule is O=C(N/N=C/c1ccccc1Cl)C(=O)N1CCCCC1. The third-order valence-electron chi connectivity index (χ3n) is 3.11. The van der Waals surface area contributed by atoms with Crippen molar-refractivity contribution in [2.24, 2.45) is 5.10 Å². The monoisotopic (exact) mass is 293 g/mol. The minimum Gasteiger partial charge on any atom is -0.334 e. The molecule has 1 heterocycles. The molecular formula is C14H16ClN3O2. The Morgan fingerprint density at radius 3 is 2.60 bits per heavy atom. The fraction of sp³-hybridized carbons (Fsp3) is 0.357. The van der Waals surface area contributed by atoms with Gasteiger partial charge in [-0.1, -0.05) is 29.8 Å². The predicted molar refractivity (Wildman–Crippen MR) is 77.6 cm³/mol. The molecule has 1 aromatic rings. The van der Waals surface area contributed by atoms with Gasteiger partial charge in [0.05, 0.1) is 6.21 Å². The highest BCUT2D eigenvalue weighted by atomic mass is 35.5. The third kappa shape index (κ3) is 3.81. The fourth-order valence-electron chi connectivity index (χ4n) is 2.03. The molecule has 0 aliphatic carbocycles. The Hall–Kier alpha value is -1.88. The maximum atomic E-state index is 11.8. The molecule has 1 aliphatic rings. The Kier molecular flexibility index (Phi) is 5.12. The lowest BCUT2D eigenvalue weighted by molar-refractivity contribution is -0.146. The van der Waals surface area contributed by atoms with Gasteiger partial charge < -0.3 is 4.90 Å². The van der Waals surface area contributed by atoms with Crippen molar-refractivity contribution in [2.45, 2.75) is 19.3 Å². The summed E-state index contributed by atoms with van der Waals surface area (Å²) in [6, 6.07) is 7.11. The molecule has 20 heavy (non-hydrogen) atoms. The quantitative estimate of drug-likeness (QED) is 0.513. The standard InChI is InChI=1S/C14H16ClN3O2/c15-12-7-3-2-6-11(12)10-16-17-13(19)14(20)18-8-4-1-5-9-18/h2-3,6-7,10H,1,4-5,8-9H2,(H,17,19)/b16-10+. The largest absolute Gasteiger partial charge is 0.334 e. The van der Waals surface area contributed by atoms with E-state index in [4.69, 9.17) is 11.6 Å². The Morgan fingerprint density at radius 1 is 1.20 bits per heavy atom. The van der Waals surface area contributed by atoms with Gasteiger partial charge in [-0.2, -0.15) is 5.10 Å². The molecule has 106 valence electrons. The van der Waals surface area contributed by atoms with E-state index in [0.717, 1.165) is 19.3 Å². The van der Waals surface area contributed by atoms with E-state index in [0.29, 0.717) is 23.7 Å². The lowest BCUT2D eigenvalue weighted by Gasteiger charge is -2.25. The van der Waals surface area contributed by atoms with Crippen LogP contribution in [-0.2, 0) is 9.59 Å². The van der Waals surface area contributed by atoms with Crippen molar-refractivity contribution in [3.63, 3.8) is 0 Å². The van der Waals surface area contributed by atoms with Crippen LogP contribution in [-0.4, -0.2) is 36.0 Å². The van der Waals surface area contributed by atoms with Gasteiger partial charge in [-0.15, -0.1) is 0 Å². The minimum atomic E-state index is -0.713. The number of hydrogen-bond acceptors (Lipinski definition) is 3. The zero-order valence-corrected chi connectivity index (χ0v) is 11.8. The number of rotatable bonds is 2. The summed E-state index contributed by atoms with van der Waals surface area (Å²) >= 11 is 5.94. The van der Waals surface area contributed by atoms with Gasteiger partial charge in [0.2, 0.25) is 0 Å². The van der Waals surface area contributed by atoms with Crippen molar-refractivity contribution < 1.29 is 9.59 Å². The first-order valence-electron chi connectivity index (χ1n) is 6.55. The first-order chi connectivity index (χ1) is 9.68. The third-order valence-corrected chi connectivity index (χ3v) is 3.46. The number of hydrogen-bond donors (Lipinski definition) is 1. The zero-order chi connectivity index (χ0) is 14.4. The van der Waals surface area contributed by atoms with E-state index in [1.165, 1.54) is 6.21 Å². The normalized spacial score (nSPS) is 15.3. The van der Waals surface area contributed by atoms with E-state index < -0.39 is 11.8 Å². The number of hydrazone groups is 1. The topological polar surface area (TPSA) is 61.8 Å². The second kappa shape index (κ2) is 7.05. The molecule has 0 aromatic heterocycles. The van der Waals surface area contributed by atoms with E-state index in [2.05, 4.69) is 10.5 Å². The smallest absolute Gasteiger partial charge is 0.329 e. The van der Waals surface area contributed by atoms with Crippen LogP contribution in [0.15, 0.2) is 29.4 Å². The summed E-state index contributed by atoms with van der Waals surface area (Å²) in [6.07, 6.45) is 4.42. The number of likely N-dealkylation sites (tertiary alicyclic amines) is 1. The Morgan fingerprint density at radius 2 is 1.90 bits per heavy atom. The number of amides is 2. The lowest BCUT2D eigenvalue weighted by Crippen LogP contribution is -2.43. The van der Waals surface area contributed by atoms with E-state index >= 15 is 0 Å². The van der Waals surface area contributed by atoms with Gasteiger partial charge in [-0.25, -0.2) is 5.43 Å². The molecule has 5 nitrogen and oxygen atoms in total. The van der Waals surface area contributed by atoms with Crippen molar-refractivity contribution in [1.29, 1.82) is 0 Å². The molecule has 0 spiro atoms. The van der Waals surface area contributed by atoms with Gasteiger partial charge in [0.25, 0.3) is 0 Å². The van der Waals surface area contributed by atoms with Crippen molar-refractivity contribution in [1.82, 2.24) is 10.3 Å². The molecule has 2 rings (SSSR count). The van der Waals surface area contributed by atoms with Crippen molar-refractivity contribution in [3.05, 3.63) is 34.9 Å². The van der Waals surface area contributed by atoms with E-state index in [1.807, 2.05) is 6.07 Å². The van der Waals surface area contributed by atoms with Crippen LogP contribution in [0.4, 0.5) is 0 Å². The number of nitrogens with zero attached hydrogens (tertiary/aromatic N) is 2. The van der Waals surface area contributed by atoms with Gasteiger partial charge in [-0.3, -0.25) is 9.59 Å². The van der Waals surface area contributed by atoms with Crippen LogP contribution >= 0.6 is 11.6 Å². The maximum absolute atomic E-state index is 11.8. The highest BCUT2D eigenvalue weighted by Gasteiger charge is 2.22. The van der Waals surface area contributed by atoms with Gasteiger partial charge in [-0.05, 0) is 25.3 Å². The summed E-state index contributed by atoms with van der Waals surface area (Å²) in [5, 5.41) is 4.30. The van der Waals surface area contributed by atoms with Crippen LogP contribution < -0.4 is 5.43 Å². The number of nitrogens with one attached hydrogen (secondary N) is 1. The molecule has 6 heteroatoms. The van der Waals surface area contributed by atoms with Crippen LogP contribution in [0, 0.1) is 0 Å². The molecule has 0 bridgehead atoms. The molecule has 1 aromatic carbocycles. The molecule has 0 atom stereocenters. The second-order valence-electron chi connectivity index (χ2n) is 4.57. The molecule has 1 fully saturated rings. The van der Waals surface area contributed by atoms with Gasteiger partial charge in [0.15, 0.2) is 0 Å². The number of piperidine rings is 1. The average molecular weight is 294 g/mol.